The van der Waals surface area contributed by atoms with Gasteiger partial charge in [-0.1, -0.05) is 12.1 Å². The number of hydrogen-bond acceptors (Lipinski definition) is 3. The summed E-state index contributed by atoms with van der Waals surface area (Å²) in [6.07, 6.45) is -0.0455. The highest BCUT2D eigenvalue weighted by Crippen LogP contribution is 2.20. The number of rotatable bonds is 4. The van der Waals surface area contributed by atoms with E-state index in [0.29, 0.717) is 17.7 Å². The molecule has 1 atom stereocenters. The van der Waals surface area contributed by atoms with E-state index in [2.05, 4.69) is 5.32 Å². The van der Waals surface area contributed by atoms with Gasteiger partial charge >= 0.3 is 0 Å². The van der Waals surface area contributed by atoms with Crippen molar-refractivity contribution in [1.82, 2.24) is 5.32 Å². The second-order valence-electron chi connectivity index (χ2n) is 3.73. The fourth-order valence-corrected chi connectivity index (χ4v) is 1.26. The number of hydrogen-bond donors (Lipinski definition) is 2. The van der Waals surface area contributed by atoms with Crippen molar-refractivity contribution in [3.05, 3.63) is 29.3 Å². The second-order valence-corrected chi connectivity index (χ2v) is 3.73. The number of amides is 1. The Labute approximate surface area is 95.2 Å². The minimum atomic E-state index is -0.287. The zero-order valence-corrected chi connectivity index (χ0v) is 9.78. The molecule has 1 rings (SSSR count). The molecule has 0 aliphatic rings. The normalized spacial score (nSPS) is 12.2. The minimum Gasteiger partial charge on any atom is -0.507 e. The van der Waals surface area contributed by atoms with E-state index in [4.69, 9.17) is 4.74 Å². The highest BCUT2D eigenvalue weighted by Gasteiger charge is 2.12. The Morgan fingerprint density at radius 1 is 1.56 bits per heavy atom. The lowest BCUT2D eigenvalue weighted by molar-refractivity contribution is 0.0868. The summed E-state index contributed by atoms with van der Waals surface area (Å²) in [6, 6.07) is 5.09. The average molecular weight is 223 g/mol. The number of aromatic hydroxyl groups is 1. The molecule has 0 fully saturated rings. The summed E-state index contributed by atoms with van der Waals surface area (Å²) in [7, 11) is 1.58. The second kappa shape index (κ2) is 5.51. The van der Waals surface area contributed by atoms with Crippen molar-refractivity contribution in [1.29, 1.82) is 0 Å². The lowest BCUT2D eigenvalue weighted by atomic mass is 10.1. The molecule has 1 aromatic rings. The third-order valence-corrected chi connectivity index (χ3v) is 2.43. The molecule has 0 heterocycles. The summed E-state index contributed by atoms with van der Waals surface area (Å²) >= 11 is 0. The minimum absolute atomic E-state index is 0.0325. The Kier molecular flexibility index (Phi) is 4.31. The van der Waals surface area contributed by atoms with Crippen LogP contribution in [0, 0.1) is 6.92 Å². The van der Waals surface area contributed by atoms with Crippen LogP contribution >= 0.6 is 0 Å². The van der Waals surface area contributed by atoms with Gasteiger partial charge in [-0.3, -0.25) is 4.79 Å². The van der Waals surface area contributed by atoms with E-state index in [-0.39, 0.29) is 17.8 Å². The van der Waals surface area contributed by atoms with Gasteiger partial charge in [0.2, 0.25) is 0 Å². The molecule has 0 saturated heterocycles. The van der Waals surface area contributed by atoms with Crippen LogP contribution in [0.4, 0.5) is 0 Å². The van der Waals surface area contributed by atoms with Gasteiger partial charge in [0.25, 0.3) is 5.91 Å². The smallest absolute Gasteiger partial charge is 0.255 e. The van der Waals surface area contributed by atoms with E-state index in [1.54, 1.807) is 32.2 Å². The Balaban J connectivity index is 2.70. The quantitative estimate of drug-likeness (QED) is 0.812. The number of para-hydroxylation sites is 1. The first-order chi connectivity index (χ1) is 7.56. The first-order valence-electron chi connectivity index (χ1n) is 5.15. The number of methoxy groups -OCH3 is 1. The maximum absolute atomic E-state index is 11.7. The number of aryl methyl sites for hydroxylation is 1. The van der Waals surface area contributed by atoms with Crippen molar-refractivity contribution in [2.75, 3.05) is 13.7 Å². The molecule has 1 aromatic carbocycles. The largest absolute Gasteiger partial charge is 0.507 e. The van der Waals surface area contributed by atoms with Crippen LogP contribution in [0.15, 0.2) is 18.2 Å². The molecule has 0 saturated carbocycles. The van der Waals surface area contributed by atoms with Crippen LogP contribution in [-0.4, -0.2) is 30.8 Å². The molecule has 4 nitrogen and oxygen atoms in total. The molecule has 0 radical (unpaired) electrons. The lowest BCUT2D eigenvalue weighted by Gasteiger charge is -2.12. The molecule has 1 amide bonds. The van der Waals surface area contributed by atoms with Gasteiger partial charge in [-0.25, -0.2) is 0 Å². The van der Waals surface area contributed by atoms with Crippen LogP contribution in [0.25, 0.3) is 0 Å². The van der Waals surface area contributed by atoms with Gasteiger partial charge in [0.1, 0.15) is 5.75 Å². The molecule has 0 spiro atoms. The fraction of sp³-hybridized carbons (Fsp3) is 0.417. The van der Waals surface area contributed by atoms with Gasteiger partial charge in [-0.15, -0.1) is 0 Å². The van der Waals surface area contributed by atoms with Crippen molar-refractivity contribution in [2.24, 2.45) is 0 Å². The van der Waals surface area contributed by atoms with Crippen molar-refractivity contribution in [3.8, 4) is 5.75 Å². The van der Waals surface area contributed by atoms with Crippen molar-refractivity contribution >= 4 is 5.91 Å². The van der Waals surface area contributed by atoms with Crippen LogP contribution in [-0.2, 0) is 4.74 Å². The zero-order chi connectivity index (χ0) is 12.1. The predicted octanol–water partition coefficient (Wildman–Crippen LogP) is 1.47. The van der Waals surface area contributed by atoms with Crippen LogP contribution in [0.2, 0.25) is 0 Å². The summed E-state index contributed by atoms with van der Waals surface area (Å²) in [6.45, 7) is 4.03. The molecular weight excluding hydrogens is 206 g/mol. The Bertz CT molecular complexity index is 377. The molecule has 16 heavy (non-hydrogen) atoms. The highest BCUT2D eigenvalue weighted by atomic mass is 16.5. The van der Waals surface area contributed by atoms with E-state index < -0.39 is 0 Å². The molecule has 0 aliphatic carbocycles. The van der Waals surface area contributed by atoms with Crippen molar-refractivity contribution in [3.63, 3.8) is 0 Å². The third kappa shape index (κ3) is 2.97. The van der Waals surface area contributed by atoms with Crippen molar-refractivity contribution in [2.45, 2.75) is 20.0 Å². The molecule has 88 valence electrons. The maximum Gasteiger partial charge on any atom is 0.255 e. The molecule has 0 aliphatic heterocycles. The summed E-state index contributed by atoms with van der Waals surface area (Å²) in [5, 5.41) is 12.4. The van der Waals surface area contributed by atoms with E-state index in [1.807, 2.05) is 6.92 Å². The summed E-state index contributed by atoms with van der Waals surface area (Å²) < 4.78 is 5.01. The number of carbonyl (C=O) groups excluding carboxylic acids is 1. The summed E-state index contributed by atoms with van der Waals surface area (Å²) in [5.41, 5.74) is 0.982. The van der Waals surface area contributed by atoms with Gasteiger partial charge in [0.05, 0.1) is 11.7 Å². The number of ether oxygens (including phenoxy) is 1. The number of nitrogens with one attached hydrogen (secondary N) is 1. The van der Waals surface area contributed by atoms with Gasteiger partial charge in [0, 0.05) is 13.7 Å². The standard InChI is InChI=1S/C12H17NO3/c1-8-5-4-6-10(11(8)14)12(15)13-7-9(2)16-3/h4-6,9,14H,7H2,1-3H3,(H,13,15). The molecule has 2 N–H and O–H groups in total. The van der Waals surface area contributed by atoms with E-state index >= 15 is 0 Å². The monoisotopic (exact) mass is 223 g/mol. The Hall–Kier alpha value is -1.55. The van der Waals surface area contributed by atoms with E-state index in [9.17, 15) is 9.90 Å². The summed E-state index contributed by atoms with van der Waals surface area (Å²) in [4.78, 5) is 11.7. The number of benzene rings is 1. The Morgan fingerprint density at radius 3 is 2.88 bits per heavy atom. The fourth-order valence-electron chi connectivity index (χ4n) is 1.26. The first-order valence-corrected chi connectivity index (χ1v) is 5.15. The van der Waals surface area contributed by atoms with Crippen LogP contribution in [0.3, 0.4) is 0 Å². The van der Waals surface area contributed by atoms with Crippen LogP contribution in [0.1, 0.15) is 22.8 Å². The highest BCUT2D eigenvalue weighted by molar-refractivity contribution is 5.97. The number of carbonyl (C=O) groups is 1. The topological polar surface area (TPSA) is 58.6 Å². The van der Waals surface area contributed by atoms with E-state index in [1.165, 1.54) is 0 Å². The van der Waals surface area contributed by atoms with Gasteiger partial charge in [-0.05, 0) is 25.5 Å². The zero-order valence-electron chi connectivity index (χ0n) is 9.78. The van der Waals surface area contributed by atoms with Gasteiger partial charge < -0.3 is 15.2 Å². The SMILES string of the molecule is COC(C)CNC(=O)c1cccc(C)c1O. The van der Waals surface area contributed by atoms with Crippen LogP contribution in [0.5, 0.6) is 5.75 Å². The molecule has 1 unspecified atom stereocenters. The molecular formula is C12H17NO3. The first kappa shape index (κ1) is 12.5. The average Bonchev–Trinajstić information content (AvgIpc) is 2.29. The third-order valence-electron chi connectivity index (χ3n) is 2.43. The predicted molar refractivity (Wildman–Crippen MR) is 61.6 cm³/mol. The Morgan fingerprint density at radius 2 is 2.25 bits per heavy atom. The van der Waals surface area contributed by atoms with Crippen LogP contribution < -0.4 is 5.32 Å². The lowest BCUT2D eigenvalue weighted by Crippen LogP contribution is -2.31. The van der Waals surface area contributed by atoms with Crippen molar-refractivity contribution < 1.29 is 14.6 Å². The van der Waals surface area contributed by atoms with E-state index in [0.717, 1.165) is 0 Å². The molecule has 4 heteroatoms. The molecule has 0 aromatic heterocycles. The molecule has 0 bridgehead atoms. The van der Waals surface area contributed by atoms with Gasteiger partial charge in [-0.2, -0.15) is 0 Å². The van der Waals surface area contributed by atoms with Gasteiger partial charge in [0.15, 0.2) is 0 Å². The number of phenols is 1. The summed E-state index contributed by atoms with van der Waals surface area (Å²) in [5.74, 6) is -0.254. The number of phenolic OH excluding ortho intramolecular Hbond substituents is 1. The maximum atomic E-state index is 11.7.